The first-order chi connectivity index (χ1) is 10.0. The van der Waals surface area contributed by atoms with E-state index in [4.69, 9.17) is 34.8 Å². The molecule has 0 spiro atoms. The highest BCUT2D eigenvalue weighted by molar-refractivity contribution is 6.35. The number of hydrogen-bond donors (Lipinski definition) is 1. The minimum atomic E-state index is -0.573. The van der Waals surface area contributed by atoms with E-state index >= 15 is 0 Å². The van der Waals surface area contributed by atoms with Gasteiger partial charge in [0.1, 0.15) is 0 Å². The summed E-state index contributed by atoms with van der Waals surface area (Å²) < 4.78 is 13.4. The van der Waals surface area contributed by atoms with Crippen LogP contribution in [0.15, 0.2) is 36.4 Å². The van der Waals surface area contributed by atoms with Crippen molar-refractivity contribution >= 4 is 40.5 Å². The topological polar surface area (TPSA) is 12.0 Å². The first-order valence-electron chi connectivity index (χ1n) is 6.69. The van der Waals surface area contributed by atoms with E-state index in [1.807, 2.05) is 12.1 Å². The van der Waals surface area contributed by atoms with Crippen LogP contribution in [0.2, 0.25) is 15.1 Å². The van der Waals surface area contributed by atoms with Crippen molar-refractivity contribution in [1.82, 2.24) is 0 Å². The molecule has 0 atom stereocenters. The average Bonchev–Trinajstić information content (AvgIpc) is 2.41. The summed E-state index contributed by atoms with van der Waals surface area (Å²) in [6, 6.07) is 11.4. The molecule has 0 unspecified atom stereocenters. The third-order valence-corrected chi connectivity index (χ3v) is 4.64. The monoisotopic (exact) mass is 343 g/mol. The molecule has 1 fully saturated rings. The molecule has 1 aliphatic rings. The van der Waals surface area contributed by atoms with Crippen molar-refractivity contribution < 1.29 is 4.39 Å². The van der Waals surface area contributed by atoms with Crippen LogP contribution in [0.3, 0.4) is 0 Å². The minimum absolute atomic E-state index is 0.0403. The van der Waals surface area contributed by atoms with E-state index in [1.54, 1.807) is 12.1 Å². The fourth-order valence-electron chi connectivity index (χ4n) is 2.62. The molecule has 0 aromatic heterocycles. The van der Waals surface area contributed by atoms with Crippen molar-refractivity contribution in [2.24, 2.45) is 0 Å². The molecular weight excluding hydrogens is 332 g/mol. The highest BCUT2D eigenvalue weighted by Crippen LogP contribution is 2.39. The van der Waals surface area contributed by atoms with Gasteiger partial charge < -0.3 is 5.32 Å². The van der Waals surface area contributed by atoms with Crippen molar-refractivity contribution in [3.8, 4) is 0 Å². The van der Waals surface area contributed by atoms with Crippen molar-refractivity contribution in [3.63, 3.8) is 0 Å². The standard InChI is InChI=1S/C16H13Cl3FN/c17-11-3-1-9(2-4-11)10-5-12(6-10)21-13-7-14(18)16(20)15(19)8-13/h1-4,7-8,10,12,21H,5-6H2. The summed E-state index contributed by atoms with van der Waals surface area (Å²) in [5.74, 6) is -0.0392. The first-order valence-corrected chi connectivity index (χ1v) is 7.83. The SMILES string of the molecule is Fc1c(Cl)cc(NC2CC(c3ccc(Cl)cc3)C2)cc1Cl. The first kappa shape index (κ1) is 15.0. The Labute approximate surface area is 138 Å². The Balaban J connectivity index is 1.61. The van der Waals surface area contributed by atoms with E-state index in [0.29, 0.717) is 12.0 Å². The van der Waals surface area contributed by atoms with Crippen LogP contribution in [0, 0.1) is 5.82 Å². The van der Waals surface area contributed by atoms with E-state index < -0.39 is 5.82 Å². The van der Waals surface area contributed by atoms with E-state index in [0.717, 1.165) is 23.6 Å². The van der Waals surface area contributed by atoms with Gasteiger partial charge in [-0.25, -0.2) is 4.39 Å². The Hall–Kier alpha value is -0.960. The number of anilines is 1. The summed E-state index contributed by atoms with van der Waals surface area (Å²) in [5, 5.41) is 4.17. The summed E-state index contributed by atoms with van der Waals surface area (Å²) in [6.07, 6.45) is 2.04. The molecule has 3 rings (SSSR count). The maximum Gasteiger partial charge on any atom is 0.160 e. The van der Waals surface area contributed by atoms with Gasteiger partial charge >= 0.3 is 0 Å². The maximum atomic E-state index is 13.4. The van der Waals surface area contributed by atoms with Crippen LogP contribution in [-0.2, 0) is 0 Å². The van der Waals surface area contributed by atoms with Gasteiger partial charge in [0.05, 0.1) is 10.0 Å². The van der Waals surface area contributed by atoms with Crippen LogP contribution < -0.4 is 5.32 Å². The molecule has 1 N–H and O–H groups in total. The highest BCUT2D eigenvalue weighted by Gasteiger charge is 2.30. The fraction of sp³-hybridized carbons (Fsp3) is 0.250. The normalized spacial score (nSPS) is 21.0. The molecule has 1 nitrogen and oxygen atoms in total. The highest BCUT2D eigenvalue weighted by atomic mass is 35.5. The van der Waals surface area contributed by atoms with Gasteiger partial charge in [0.15, 0.2) is 5.82 Å². The number of halogens is 4. The molecule has 21 heavy (non-hydrogen) atoms. The lowest BCUT2D eigenvalue weighted by Gasteiger charge is -2.37. The molecule has 0 aliphatic heterocycles. The molecule has 0 saturated heterocycles. The van der Waals surface area contributed by atoms with Crippen molar-refractivity contribution in [3.05, 3.63) is 62.8 Å². The van der Waals surface area contributed by atoms with Gasteiger partial charge in [-0.1, -0.05) is 46.9 Å². The zero-order valence-corrected chi connectivity index (χ0v) is 13.3. The van der Waals surface area contributed by atoms with Crippen LogP contribution >= 0.6 is 34.8 Å². The summed E-state index contributed by atoms with van der Waals surface area (Å²) in [7, 11) is 0. The third-order valence-electron chi connectivity index (χ3n) is 3.83. The minimum Gasteiger partial charge on any atom is -0.382 e. The predicted octanol–water partition coefficient (Wildman–Crippen LogP) is 6.14. The lowest BCUT2D eigenvalue weighted by Crippen LogP contribution is -2.34. The molecule has 0 heterocycles. The Morgan fingerprint density at radius 3 is 2.10 bits per heavy atom. The van der Waals surface area contributed by atoms with Gasteiger partial charge in [0, 0.05) is 16.8 Å². The summed E-state index contributed by atoms with van der Waals surface area (Å²) in [5.41, 5.74) is 2.05. The van der Waals surface area contributed by atoms with E-state index in [1.165, 1.54) is 5.56 Å². The van der Waals surface area contributed by atoms with E-state index in [2.05, 4.69) is 17.4 Å². The summed E-state index contributed by atoms with van der Waals surface area (Å²) >= 11 is 17.5. The molecule has 110 valence electrons. The molecule has 0 amide bonds. The Morgan fingerprint density at radius 2 is 1.52 bits per heavy atom. The van der Waals surface area contributed by atoms with Gasteiger partial charge in [-0.05, 0) is 48.6 Å². The van der Waals surface area contributed by atoms with Gasteiger partial charge in [0.25, 0.3) is 0 Å². The predicted molar refractivity (Wildman–Crippen MR) is 87.3 cm³/mol. The van der Waals surface area contributed by atoms with Crippen molar-refractivity contribution in [2.45, 2.75) is 24.8 Å². The number of nitrogens with one attached hydrogen (secondary N) is 1. The quantitative estimate of drug-likeness (QED) is 0.659. The molecule has 1 aliphatic carbocycles. The Kier molecular flexibility index (Phi) is 4.30. The van der Waals surface area contributed by atoms with Crippen LogP contribution in [0.25, 0.3) is 0 Å². The van der Waals surface area contributed by atoms with Crippen molar-refractivity contribution in [2.75, 3.05) is 5.32 Å². The van der Waals surface area contributed by atoms with Crippen LogP contribution in [0.4, 0.5) is 10.1 Å². The van der Waals surface area contributed by atoms with Crippen LogP contribution in [0.5, 0.6) is 0 Å². The molecule has 1 saturated carbocycles. The largest absolute Gasteiger partial charge is 0.382 e. The lowest BCUT2D eigenvalue weighted by molar-refractivity contribution is 0.374. The lowest BCUT2D eigenvalue weighted by atomic mass is 9.76. The number of rotatable bonds is 3. The van der Waals surface area contributed by atoms with Gasteiger partial charge in [0.2, 0.25) is 0 Å². The molecular formula is C16H13Cl3FN. The smallest absolute Gasteiger partial charge is 0.160 e. The maximum absolute atomic E-state index is 13.4. The van der Waals surface area contributed by atoms with E-state index in [9.17, 15) is 4.39 Å². The van der Waals surface area contributed by atoms with Gasteiger partial charge in [-0.2, -0.15) is 0 Å². The summed E-state index contributed by atoms with van der Waals surface area (Å²) in [6.45, 7) is 0. The van der Waals surface area contributed by atoms with Crippen LogP contribution in [0.1, 0.15) is 24.3 Å². The van der Waals surface area contributed by atoms with Gasteiger partial charge in [-0.15, -0.1) is 0 Å². The molecule has 2 aromatic carbocycles. The van der Waals surface area contributed by atoms with E-state index in [-0.39, 0.29) is 10.0 Å². The molecule has 5 heteroatoms. The number of hydrogen-bond acceptors (Lipinski definition) is 1. The molecule has 0 radical (unpaired) electrons. The Morgan fingerprint density at radius 1 is 0.952 bits per heavy atom. The zero-order valence-electron chi connectivity index (χ0n) is 11.0. The second-order valence-electron chi connectivity index (χ2n) is 5.32. The third kappa shape index (κ3) is 3.28. The number of benzene rings is 2. The summed E-state index contributed by atoms with van der Waals surface area (Å²) in [4.78, 5) is 0. The van der Waals surface area contributed by atoms with Gasteiger partial charge in [-0.3, -0.25) is 0 Å². The second kappa shape index (κ2) is 6.04. The van der Waals surface area contributed by atoms with Crippen molar-refractivity contribution in [1.29, 1.82) is 0 Å². The fourth-order valence-corrected chi connectivity index (χ4v) is 3.23. The molecule has 2 aromatic rings. The average molecular weight is 345 g/mol. The molecule has 0 bridgehead atoms. The zero-order chi connectivity index (χ0) is 15.0. The van der Waals surface area contributed by atoms with Crippen LogP contribution in [-0.4, -0.2) is 6.04 Å². The Bertz CT molecular complexity index is 628. The second-order valence-corrected chi connectivity index (χ2v) is 6.57.